The summed E-state index contributed by atoms with van der Waals surface area (Å²) in [6.45, 7) is 5.06. The number of guanidine groups is 1. The third-order valence-corrected chi connectivity index (χ3v) is 3.90. The molecule has 25 heavy (non-hydrogen) atoms. The molecule has 2 N–H and O–H groups in total. The number of nitrogens with one attached hydrogen (secondary N) is 2. The van der Waals surface area contributed by atoms with Crippen molar-refractivity contribution < 1.29 is 4.92 Å². The lowest BCUT2D eigenvalue weighted by atomic mass is 10.2. The molecule has 0 saturated carbocycles. The van der Waals surface area contributed by atoms with Gasteiger partial charge in [0.05, 0.1) is 10.6 Å². The molecule has 0 aliphatic rings. The van der Waals surface area contributed by atoms with Crippen LogP contribution in [0, 0.1) is 24.0 Å². The topological polar surface area (TPSA) is 97.4 Å². The molecule has 0 unspecified atom stereocenters. The van der Waals surface area contributed by atoms with Crippen molar-refractivity contribution in [1.29, 1.82) is 0 Å². The summed E-state index contributed by atoms with van der Waals surface area (Å²) in [6, 6.07) is 6.54. The zero-order chi connectivity index (χ0) is 17.7. The molecule has 0 aliphatic carbocycles. The highest BCUT2D eigenvalue weighted by atomic mass is 127. The Morgan fingerprint density at radius 3 is 2.56 bits per heavy atom. The molecule has 0 aliphatic heterocycles. The SMILES string of the molecule is CN=C(NCc1cccc([N+](=O)[O-])c1)NCc1c(C)nn(C)c1C.I. The van der Waals surface area contributed by atoms with Crippen molar-refractivity contribution in [1.82, 2.24) is 20.4 Å². The van der Waals surface area contributed by atoms with E-state index in [1.807, 2.05) is 31.6 Å². The highest BCUT2D eigenvalue weighted by Crippen LogP contribution is 2.13. The van der Waals surface area contributed by atoms with Gasteiger partial charge < -0.3 is 10.6 Å². The van der Waals surface area contributed by atoms with Gasteiger partial charge in [0, 0.05) is 50.6 Å². The number of aliphatic imine (C=N–C) groups is 1. The standard InChI is InChI=1S/C16H22N6O2.HI/c1-11-15(12(2)21(4)20-11)10-19-16(17-3)18-9-13-6-5-7-14(8-13)22(23)24;/h5-8H,9-10H2,1-4H3,(H2,17,18,19);1H. The Labute approximate surface area is 163 Å². The molecule has 8 nitrogen and oxygen atoms in total. The molecule has 136 valence electrons. The maximum Gasteiger partial charge on any atom is 0.269 e. The number of rotatable bonds is 5. The molecule has 9 heteroatoms. The molecule has 1 aromatic carbocycles. The lowest BCUT2D eigenvalue weighted by Crippen LogP contribution is -2.36. The van der Waals surface area contributed by atoms with Gasteiger partial charge in [-0.3, -0.25) is 19.8 Å². The van der Waals surface area contributed by atoms with Gasteiger partial charge in [-0.1, -0.05) is 12.1 Å². The molecule has 0 bridgehead atoms. The summed E-state index contributed by atoms with van der Waals surface area (Å²) in [7, 11) is 3.60. The molecule has 2 rings (SSSR count). The van der Waals surface area contributed by atoms with Gasteiger partial charge in [0.25, 0.3) is 5.69 Å². The minimum Gasteiger partial charge on any atom is -0.352 e. The number of benzene rings is 1. The van der Waals surface area contributed by atoms with Crippen molar-refractivity contribution in [3.05, 3.63) is 56.9 Å². The first-order chi connectivity index (χ1) is 11.4. The van der Waals surface area contributed by atoms with E-state index < -0.39 is 4.92 Å². The average Bonchev–Trinajstić information content (AvgIpc) is 2.81. The van der Waals surface area contributed by atoms with E-state index in [4.69, 9.17) is 0 Å². The minimum absolute atomic E-state index is 0. The molecule has 0 saturated heterocycles. The van der Waals surface area contributed by atoms with Crippen LogP contribution in [0.2, 0.25) is 0 Å². The van der Waals surface area contributed by atoms with E-state index in [1.54, 1.807) is 19.2 Å². The Kier molecular flexibility index (Phi) is 7.81. The van der Waals surface area contributed by atoms with E-state index in [-0.39, 0.29) is 29.7 Å². The second-order valence-corrected chi connectivity index (χ2v) is 5.48. The van der Waals surface area contributed by atoms with Crippen LogP contribution >= 0.6 is 24.0 Å². The van der Waals surface area contributed by atoms with Crippen LogP contribution in [0.15, 0.2) is 29.3 Å². The molecule has 0 amide bonds. The van der Waals surface area contributed by atoms with Crippen molar-refractivity contribution in [3.63, 3.8) is 0 Å². The summed E-state index contributed by atoms with van der Waals surface area (Å²) in [5.74, 6) is 0.629. The molecule has 1 aromatic heterocycles. The number of halogens is 1. The molecule has 2 aromatic rings. The maximum absolute atomic E-state index is 10.8. The van der Waals surface area contributed by atoms with Gasteiger partial charge in [-0.25, -0.2) is 0 Å². The first-order valence-electron chi connectivity index (χ1n) is 7.59. The second-order valence-electron chi connectivity index (χ2n) is 5.48. The van der Waals surface area contributed by atoms with Crippen molar-refractivity contribution in [2.24, 2.45) is 12.0 Å². The normalized spacial score (nSPS) is 11.0. The lowest BCUT2D eigenvalue weighted by Gasteiger charge is -2.12. The van der Waals surface area contributed by atoms with Crippen LogP contribution in [-0.4, -0.2) is 27.7 Å². The van der Waals surface area contributed by atoms with Crippen LogP contribution in [0.3, 0.4) is 0 Å². The summed E-state index contributed by atoms with van der Waals surface area (Å²) in [5, 5.41) is 21.6. The summed E-state index contributed by atoms with van der Waals surface area (Å²) < 4.78 is 1.85. The molecule has 1 heterocycles. The van der Waals surface area contributed by atoms with E-state index in [1.165, 1.54) is 6.07 Å². The Morgan fingerprint density at radius 1 is 1.32 bits per heavy atom. The fourth-order valence-electron chi connectivity index (χ4n) is 2.43. The third kappa shape index (κ3) is 5.41. The van der Waals surface area contributed by atoms with Crippen LogP contribution in [0.5, 0.6) is 0 Å². The Balaban J connectivity index is 0.00000312. The van der Waals surface area contributed by atoms with Gasteiger partial charge in [-0.2, -0.15) is 5.10 Å². The molecule has 0 atom stereocenters. The Morgan fingerprint density at radius 2 is 2.00 bits per heavy atom. The Hall–Kier alpha value is -2.17. The number of hydrogen-bond donors (Lipinski definition) is 2. The van der Waals surface area contributed by atoms with E-state index in [0.29, 0.717) is 19.0 Å². The average molecular weight is 458 g/mol. The fourth-order valence-corrected chi connectivity index (χ4v) is 2.43. The van der Waals surface area contributed by atoms with Gasteiger partial charge in [-0.05, 0) is 19.4 Å². The highest BCUT2D eigenvalue weighted by Gasteiger charge is 2.10. The van der Waals surface area contributed by atoms with Gasteiger partial charge in [0.1, 0.15) is 0 Å². The lowest BCUT2D eigenvalue weighted by molar-refractivity contribution is -0.384. The van der Waals surface area contributed by atoms with Crippen LogP contribution < -0.4 is 10.6 Å². The fraction of sp³-hybridized carbons (Fsp3) is 0.375. The van der Waals surface area contributed by atoms with Gasteiger partial charge in [0.15, 0.2) is 5.96 Å². The summed E-state index contributed by atoms with van der Waals surface area (Å²) in [5.41, 5.74) is 4.13. The Bertz CT molecular complexity index is 772. The minimum atomic E-state index is -0.398. The first-order valence-corrected chi connectivity index (χ1v) is 7.59. The van der Waals surface area contributed by atoms with Crippen LogP contribution in [-0.2, 0) is 20.1 Å². The highest BCUT2D eigenvalue weighted by molar-refractivity contribution is 14.0. The van der Waals surface area contributed by atoms with Crippen LogP contribution in [0.1, 0.15) is 22.5 Å². The van der Waals surface area contributed by atoms with E-state index in [9.17, 15) is 10.1 Å². The van der Waals surface area contributed by atoms with Crippen LogP contribution in [0.4, 0.5) is 5.69 Å². The van der Waals surface area contributed by atoms with Crippen molar-refractivity contribution in [2.45, 2.75) is 26.9 Å². The predicted octanol–water partition coefficient (Wildman–Crippen LogP) is 2.43. The number of non-ortho nitro benzene ring substituents is 1. The van der Waals surface area contributed by atoms with Gasteiger partial charge >= 0.3 is 0 Å². The summed E-state index contributed by atoms with van der Waals surface area (Å²) in [6.07, 6.45) is 0. The first kappa shape index (κ1) is 20.9. The molecule has 0 radical (unpaired) electrons. The van der Waals surface area contributed by atoms with Crippen molar-refractivity contribution in [3.8, 4) is 0 Å². The van der Waals surface area contributed by atoms with Gasteiger partial charge in [0.2, 0.25) is 0 Å². The summed E-state index contributed by atoms with van der Waals surface area (Å²) in [4.78, 5) is 14.6. The molecule has 0 spiro atoms. The maximum atomic E-state index is 10.8. The number of nitro groups is 1. The van der Waals surface area contributed by atoms with Crippen LogP contribution in [0.25, 0.3) is 0 Å². The third-order valence-electron chi connectivity index (χ3n) is 3.90. The zero-order valence-corrected chi connectivity index (χ0v) is 17.1. The smallest absolute Gasteiger partial charge is 0.269 e. The predicted molar refractivity (Wildman–Crippen MR) is 108 cm³/mol. The van der Waals surface area contributed by atoms with Crippen molar-refractivity contribution >= 4 is 35.6 Å². The number of hydrogen-bond acceptors (Lipinski definition) is 4. The molecule has 0 fully saturated rings. The van der Waals surface area contributed by atoms with Crippen molar-refractivity contribution in [2.75, 3.05) is 7.05 Å². The number of aryl methyl sites for hydroxylation is 2. The summed E-state index contributed by atoms with van der Waals surface area (Å²) >= 11 is 0. The van der Waals surface area contributed by atoms with E-state index in [2.05, 4.69) is 20.7 Å². The number of nitro benzene ring substituents is 1. The zero-order valence-electron chi connectivity index (χ0n) is 14.7. The largest absolute Gasteiger partial charge is 0.352 e. The second kappa shape index (κ2) is 9.35. The van der Waals surface area contributed by atoms with E-state index >= 15 is 0 Å². The van der Waals surface area contributed by atoms with Gasteiger partial charge in [-0.15, -0.1) is 24.0 Å². The number of nitrogens with zero attached hydrogens (tertiary/aromatic N) is 4. The molecular weight excluding hydrogens is 435 g/mol. The molecular formula is C16H23IN6O2. The van der Waals surface area contributed by atoms with E-state index in [0.717, 1.165) is 22.5 Å². The monoisotopic (exact) mass is 458 g/mol. The quantitative estimate of drug-likeness (QED) is 0.236. The number of aromatic nitrogens is 2.